The molecule has 1 N–H and O–H groups in total. The first kappa shape index (κ1) is 28.4. The van der Waals surface area contributed by atoms with Gasteiger partial charge in [-0.1, -0.05) is 74.0 Å². The Morgan fingerprint density at radius 2 is 1.70 bits per heavy atom. The molecule has 0 bridgehead atoms. The van der Waals surface area contributed by atoms with Gasteiger partial charge in [0.05, 0.1) is 23.8 Å². The lowest BCUT2D eigenvalue weighted by molar-refractivity contribution is -0.133. The van der Waals surface area contributed by atoms with Crippen LogP contribution >= 0.6 is 0 Å². The number of carbonyl (C=O) groups is 2. The van der Waals surface area contributed by atoms with Crippen molar-refractivity contribution in [1.82, 2.24) is 9.80 Å². The van der Waals surface area contributed by atoms with Gasteiger partial charge in [-0.3, -0.25) is 9.59 Å². The third kappa shape index (κ3) is 7.05. The van der Waals surface area contributed by atoms with Gasteiger partial charge in [-0.2, -0.15) is 0 Å². The van der Waals surface area contributed by atoms with Crippen molar-refractivity contribution in [1.29, 1.82) is 0 Å². The van der Waals surface area contributed by atoms with E-state index in [0.717, 1.165) is 11.1 Å². The van der Waals surface area contributed by atoms with E-state index >= 15 is 0 Å². The number of aryl methyl sites for hydroxylation is 1. The molecule has 4 rings (SSSR count). The second-order valence-electron chi connectivity index (χ2n) is 10.2. The molecule has 206 valence electrons. The van der Waals surface area contributed by atoms with Crippen LogP contribution < -0.4 is 10.7 Å². The zero-order valence-electron chi connectivity index (χ0n) is 23.2. The van der Waals surface area contributed by atoms with Gasteiger partial charge in [-0.25, -0.2) is 4.79 Å². The highest BCUT2D eigenvalue weighted by Gasteiger charge is 2.23. The maximum atomic E-state index is 13.7. The molecule has 1 heterocycles. The number of anilines is 1. The van der Waals surface area contributed by atoms with E-state index in [1.54, 1.807) is 23.1 Å². The molecule has 0 aliphatic heterocycles. The topological polar surface area (TPSA) is 82.9 Å². The average molecular weight is 538 g/mol. The van der Waals surface area contributed by atoms with Crippen molar-refractivity contribution in [2.75, 3.05) is 18.4 Å². The minimum atomic E-state index is -0.411. The molecule has 7 heteroatoms. The highest BCUT2D eigenvalue weighted by atomic mass is 16.3. The average Bonchev–Trinajstić information content (AvgIpc) is 2.95. The maximum absolute atomic E-state index is 13.7. The minimum absolute atomic E-state index is 0.0418. The first-order valence-corrected chi connectivity index (χ1v) is 13.3. The molecule has 0 spiro atoms. The third-order valence-electron chi connectivity index (χ3n) is 6.72. The Hall–Kier alpha value is -4.65. The van der Waals surface area contributed by atoms with Crippen LogP contribution in [0.4, 0.5) is 10.5 Å². The summed E-state index contributed by atoms with van der Waals surface area (Å²) >= 11 is 0. The van der Waals surface area contributed by atoms with Gasteiger partial charge in [-0.15, -0.1) is 6.58 Å². The van der Waals surface area contributed by atoms with E-state index in [1.807, 2.05) is 67.6 Å². The van der Waals surface area contributed by atoms with Crippen LogP contribution in [0.25, 0.3) is 11.0 Å². The lowest BCUT2D eigenvalue weighted by Crippen LogP contribution is -2.44. The van der Waals surface area contributed by atoms with Gasteiger partial charge < -0.3 is 19.5 Å². The van der Waals surface area contributed by atoms with Gasteiger partial charge in [-0.05, 0) is 48.2 Å². The smallest absolute Gasteiger partial charge is 0.322 e. The Morgan fingerprint density at radius 1 is 0.975 bits per heavy atom. The summed E-state index contributed by atoms with van der Waals surface area (Å²) in [6.07, 6.45) is 3.00. The Balaban J connectivity index is 1.56. The molecular formula is C33H35N3O4. The first-order valence-electron chi connectivity index (χ1n) is 13.3. The van der Waals surface area contributed by atoms with Crippen LogP contribution in [-0.2, 0) is 17.9 Å². The summed E-state index contributed by atoms with van der Waals surface area (Å²) in [6, 6.07) is 22.2. The fourth-order valence-electron chi connectivity index (χ4n) is 4.43. The molecule has 0 radical (unpaired) electrons. The molecule has 3 amide bonds. The van der Waals surface area contributed by atoms with Crippen molar-refractivity contribution in [2.45, 2.75) is 39.8 Å². The van der Waals surface area contributed by atoms with Crippen LogP contribution in [0.1, 0.15) is 42.0 Å². The van der Waals surface area contributed by atoms with Gasteiger partial charge in [0, 0.05) is 18.8 Å². The predicted molar refractivity (Wildman–Crippen MR) is 159 cm³/mol. The molecule has 0 unspecified atom stereocenters. The second kappa shape index (κ2) is 12.9. The standard InChI is InChI=1S/C33H35N3O4/c1-5-17-35(33(39)34-28-14-12-26(13-15-28)23(2)3)21-31(37)36(19-25-9-7-6-8-10-25)20-27-22-40-30-16-11-24(4)18-29(30)32(27)38/h5-16,18,22-23H,1,17,19-21H2,2-4H3,(H,34,39). The van der Waals surface area contributed by atoms with E-state index in [0.29, 0.717) is 28.1 Å². The molecule has 0 aliphatic rings. The molecule has 0 atom stereocenters. The van der Waals surface area contributed by atoms with Crippen LogP contribution in [0, 0.1) is 6.92 Å². The Morgan fingerprint density at radius 3 is 2.38 bits per heavy atom. The number of benzene rings is 3. The maximum Gasteiger partial charge on any atom is 0.322 e. The van der Waals surface area contributed by atoms with Gasteiger partial charge in [0.15, 0.2) is 5.43 Å². The minimum Gasteiger partial charge on any atom is -0.464 e. The number of amides is 3. The number of nitrogens with zero attached hydrogens (tertiary/aromatic N) is 2. The number of nitrogens with one attached hydrogen (secondary N) is 1. The van der Waals surface area contributed by atoms with Crippen molar-refractivity contribution in [3.63, 3.8) is 0 Å². The number of hydrogen-bond acceptors (Lipinski definition) is 4. The molecule has 0 saturated heterocycles. The van der Waals surface area contributed by atoms with Gasteiger partial charge in [0.25, 0.3) is 0 Å². The summed E-state index contributed by atoms with van der Waals surface area (Å²) in [5.41, 5.74) is 4.34. The normalized spacial score (nSPS) is 10.9. The third-order valence-corrected chi connectivity index (χ3v) is 6.72. The molecule has 40 heavy (non-hydrogen) atoms. The van der Waals surface area contributed by atoms with Crippen LogP contribution in [-0.4, -0.2) is 34.8 Å². The highest BCUT2D eigenvalue weighted by Crippen LogP contribution is 2.18. The van der Waals surface area contributed by atoms with E-state index in [-0.39, 0.29) is 37.5 Å². The van der Waals surface area contributed by atoms with Gasteiger partial charge in [0.2, 0.25) is 5.91 Å². The zero-order chi connectivity index (χ0) is 28.6. The summed E-state index contributed by atoms with van der Waals surface area (Å²) in [6.45, 7) is 10.2. The molecule has 0 saturated carbocycles. The number of fused-ring (bicyclic) bond motifs is 1. The van der Waals surface area contributed by atoms with E-state index < -0.39 is 6.03 Å². The van der Waals surface area contributed by atoms with Crippen LogP contribution in [0.3, 0.4) is 0 Å². The van der Waals surface area contributed by atoms with Crippen molar-refractivity contribution in [3.8, 4) is 0 Å². The van der Waals surface area contributed by atoms with Crippen LogP contribution in [0.15, 0.2) is 101 Å². The SMILES string of the molecule is C=CCN(CC(=O)N(Cc1ccccc1)Cc1coc2ccc(C)cc2c1=O)C(=O)Nc1ccc(C(C)C)cc1. The van der Waals surface area contributed by atoms with Crippen molar-refractivity contribution < 1.29 is 14.0 Å². The van der Waals surface area contributed by atoms with Gasteiger partial charge in [0.1, 0.15) is 12.1 Å². The molecule has 7 nitrogen and oxygen atoms in total. The number of rotatable bonds is 10. The second-order valence-corrected chi connectivity index (χ2v) is 10.2. The molecule has 4 aromatic rings. The monoisotopic (exact) mass is 537 g/mol. The highest BCUT2D eigenvalue weighted by molar-refractivity contribution is 5.92. The quantitative estimate of drug-likeness (QED) is 0.235. The van der Waals surface area contributed by atoms with E-state index in [2.05, 4.69) is 25.7 Å². The van der Waals surface area contributed by atoms with Gasteiger partial charge >= 0.3 is 6.03 Å². The van der Waals surface area contributed by atoms with Crippen LogP contribution in [0.5, 0.6) is 0 Å². The largest absolute Gasteiger partial charge is 0.464 e. The summed E-state index contributed by atoms with van der Waals surface area (Å²) in [5, 5.41) is 3.35. The van der Waals surface area contributed by atoms with Crippen molar-refractivity contribution >= 4 is 28.6 Å². The lowest BCUT2D eigenvalue weighted by atomic mass is 10.0. The van der Waals surface area contributed by atoms with Crippen LogP contribution in [0.2, 0.25) is 0 Å². The Bertz CT molecular complexity index is 1540. The summed E-state index contributed by atoms with van der Waals surface area (Å²) in [7, 11) is 0. The summed E-state index contributed by atoms with van der Waals surface area (Å²) < 4.78 is 5.73. The van der Waals surface area contributed by atoms with E-state index in [4.69, 9.17) is 4.42 Å². The summed E-state index contributed by atoms with van der Waals surface area (Å²) in [5.74, 6) is 0.0732. The Labute approximate surface area is 234 Å². The molecule has 0 fully saturated rings. The molecule has 1 aromatic heterocycles. The summed E-state index contributed by atoms with van der Waals surface area (Å²) in [4.78, 5) is 43.1. The zero-order valence-corrected chi connectivity index (χ0v) is 23.2. The van der Waals surface area contributed by atoms with E-state index in [9.17, 15) is 14.4 Å². The number of hydrogen-bond donors (Lipinski definition) is 1. The number of carbonyl (C=O) groups excluding carboxylic acids is 2. The molecule has 0 aliphatic carbocycles. The fraction of sp³-hybridized carbons (Fsp3) is 0.242. The molecular weight excluding hydrogens is 502 g/mol. The lowest BCUT2D eigenvalue weighted by Gasteiger charge is -2.27. The predicted octanol–water partition coefficient (Wildman–Crippen LogP) is 6.47. The fourth-order valence-corrected chi connectivity index (χ4v) is 4.43. The molecule has 3 aromatic carbocycles. The van der Waals surface area contributed by atoms with Crippen molar-refractivity contribution in [3.05, 3.63) is 124 Å². The van der Waals surface area contributed by atoms with Crippen molar-refractivity contribution in [2.24, 2.45) is 0 Å². The number of urea groups is 1. The first-order chi connectivity index (χ1) is 19.2. The Kier molecular flexibility index (Phi) is 9.17. The van der Waals surface area contributed by atoms with E-state index in [1.165, 1.54) is 16.7 Å².